The minimum atomic E-state index is 0.219. The number of carbonyl (C=O) groups is 1. The minimum absolute atomic E-state index is 0.219. The quantitative estimate of drug-likeness (QED) is 0.927. The number of rotatable bonds is 3. The monoisotopic (exact) mass is 324 g/mol. The fraction of sp³-hybridized carbons (Fsp3) is 0.667. The summed E-state index contributed by atoms with van der Waals surface area (Å²) in [7, 11) is 0. The van der Waals surface area contributed by atoms with Gasteiger partial charge in [0.2, 0.25) is 5.91 Å². The molecule has 4 aliphatic rings. The lowest BCUT2D eigenvalue weighted by Gasteiger charge is -2.37. The molecule has 0 spiro atoms. The van der Waals surface area contributed by atoms with Crippen molar-refractivity contribution in [1.29, 1.82) is 0 Å². The standard InChI is InChI=1S/C21H28N2O/c1-2-13-3-5-14(6-4-13)17-12-22-9-10-23(17)21(24)20-18-15-7-8-16(11-15)19(18)20/h3-6,15-20,22H,2,7-12H2,1H3. The molecule has 3 nitrogen and oxygen atoms in total. The zero-order valence-corrected chi connectivity index (χ0v) is 14.6. The van der Waals surface area contributed by atoms with E-state index in [2.05, 4.69) is 41.4 Å². The first-order valence-corrected chi connectivity index (χ1v) is 9.88. The first kappa shape index (κ1) is 14.9. The predicted molar refractivity (Wildman–Crippen MR) is 94.4 cm³/mol. The van der Waals surface area contributed by atoms with Crippen LogP contribution in [0.4, 0.5) is 0 Å². The minimum Gasteiger partial charge on any atom is -0.333 e. The van der Waals surface area contributed by atoms with E-state index in [9.17, 15) is 4.79 Å². The Bertz CT molecular complexity index is 624. The maximum atomic E-state index is 13.3. The number of nitrogens with one attached hydrogen (secondary N) is 1. The van der Waals surface area contributed by atoms with Gasteiger partial charge in [0, 0.05) is 25.6 Å². The summed E-state index contributed by atoms with van der Waals surface area (Å²) in [5.74, 6) is 4.07. The largest absolute Gasteiger partial charge is 0.333 e. The molecule has 0 aromatic heterocycles. The van der Waals surface area contributed by atoms with Crippen LogP contribution in [0.3, 0.4) is 0 Å². The van der Waals surface area contributed by atoms with E-state index in [1.807, 2.05) is 0 Å². The van der Waals surface area contributed by atoms with Crippen LogP contribution < -0.4 is 5.32 Å². The van der Waals surface area contributed by atoms with Crippen molar-refractivity contribution in [3.63, 3.8) is 0 Å². The highest BCUT2D eigenvalue weighted by Crippen LogP contribution is 2.69. The lowest BCUT2D eigenvalue weighted by molar-refractivity contribution is -0.137. The van der Waals surface area contributed by atoms with Crippen molar-refractivity contribution < 1.29 is 4.79 Å². The molecule has 1 heterocycles. The number of piperazine rings is 1. The number of benzene rings is 1. The van der Waals surface area contributed by atoms with Crippen LogP contribution in [0.1, 0.15) is 43.4 Å². The van der Waals surface area contributed by atoms with Crippen LogP contribution in [0.15, 0.2) is 24.3 Å². The molecule has 5 unspecified atom stereocenters. The highest BCUT2D eigenvalue weighted by molar-refractivity contribution is 5.83. The summed E-state index contributed by atoms with van der Waals surface area (Å²) in [6.07, 6.45) is 5.26. The molecule has 2 bridgehead atoms. The fourth-order valence-electron chi connectivity index (χ4n) is 6.09. The highest BCUT2D eigenvalue weighted by Gasteiger charge is 2.68. The van der Waals surface area contributed by atoms with E-state index >= 15 is 0 Å². The van der Waals surface area contributed by atoms with E-state index in [4.69, 9.17) is 0 Å². The van der Waals surface area contributed by atoms with Crippen molar-refractivity contribution in [1.82, 2.24) is 10.2 Å². The molecule has 1 N–H and O–H groups in total. The summed E-state index contributed by atoms with van der Waals surface area (Å²) in [5.41, 5.74) is 2.66. The van der Waals surface area contributed by atoms with E-state index in [-0.39, 0.29) is 6.04 Å². The van der Waals surface area contributed by atoms with Gasteiger partial charge in [-0.1, -0.05) is 31.2 Å². The van der Waals surface area contributed by atoms with E-state index in [0.29, 0.717) is 11.8 Å². The van der Waals surface area contributed by atoms with Gasteiger partial charge in [0.25, 0.3) is 0 Å². The van der Waals surface area contributed by atoms with E-state index < -0.39 is 0 Å². The fourth-order valence-corrected chi connectivity index (χ4v) is 6.09. The van der Waals surface area contributed by atoms with Gasteiger partial charge < -0.3 is 10.2 Å². The van der Waals surface area contributed by atoms with Crippen molar-refractivity contribution >= 4 is 5.91 Å². The normalized spacial score (nSPS) is 39.8. The zero-order valence-electron chi connectivity index (χ0n) is 14.6. The van der Waals surface area contributed by atoms with Gasteiger partial charge in [-0.15, -0.1) is 0 Å². The second kappa shape index (κ2) is 5.59. The molecule has 5 atom stereocenters. The zero-order chi connectivity index (χ0) is 16.3. The van der Waals surface area contributed by atoms with Crippen molar-refractivity contribution in [2.75, 3.05) is 19.6 Å². The SMILES string of the molecule is CCc1ccc(C2CNCCN2C(=O)C2C3C4CCC(C4)C23)cc1. The van der Waals surface area contributed by atoms with E-state index in [1.54, 1.807) is 0 Å². The van der Waals surface area contributed by atoms with Crippen molar-refractivity contribution in [3.8, 4) is 0 Å². The Morgan fingerprint density at radius 3 is 2.54 bits per heavy atom. The van der Waals surface area contributed by atoms with Crippen LogP contribution >= 0.6 is 0 Å². The van der Waals surface area contributed by atoms with Crippen molar-refractivity contribution in [2.24, 2.45) is 29.6 Å². The number of hydrogen-bond donors (Lipinski definition) is 1. The Morgan fingerprint density at radius 1 is 1.17 bits per heavy atom. The molecule has 5 rings (SSSR count). The summed E-state index contributed by atoms with van der Waals surface area (Å²) >= 11 is 0. The smallest absolute Gasteiger partial charge is 0.226 e. The molecular formula is C21H28N2O. The van der Waals surface area contributed by atoms with Gasteiger partial charge in [0.1, 0.15) is 0 Å². The van der Waals surface area contributed by atoms with Gasteiger partial charge in [0.15, 0.2) is 0 Å². The first-order valence-electron chi connectivity index (χ1n) is 9.88. The Hall–Kier alpha value is -1.35. The lowest BCUT2D eigenvalue weighted by Crippen LogP contribution is -2.49. The van der Waals surface area contributed by atoms with Crippen LogP contribution in [0.5, 0.6) is 0 Å². The average Bonchev–Trinajstić information content (AvgIpc) is 3.07. The molecule has 4 fully saturated rings. The topological polar surface area (TPSA) is 32.3 Å². The molecule has 1 saturated heterocycles. The Morgan fingerprint density at radius 2 is 1.88 bits per heavy atom. The Labute approximate surface area is 144 Å². The predicted octanol–water partition coefficient (Wildman–Crippen LogP) is 3.01. The third-order valence-corrected chi connectivity index (χ3v) is 7.32. The molecular weight excluding hydrogens is 296 g/mol. The van der Waals surface area contributed by atoms with Crippen LogP contribution in [0.25, 0.3) is 0 Å². The van der Waals surface area contributed by atoms with Gasteiger partial charge in [-0.05, 0) is 60.5 Å². The molecule has 1 amide bonds. The summed E-state index contributed by atoms with van der Waals surface area (Å²) in [6.45, 7) is 4.88. The third-order valence-electron chi connectivity index (χ3n) is 7.32. The van der Waals surface area contributed by atoms with Crippen molar-refractivity contribution in [3.05, 3.63) is 35.4 Å². The molecule has 1 aromatic carbocycles. The number of hydrogen-bond acceptors (Lipinski definition) is 2. The maximum Gasteiger partial charge on any atom is 0.226 e. The highest BCUT2D eigenvalue weighted by atomic mass is 16.2. The Kier molecular flexibility index (Phi) is 3.48. The number of aryl methyl sites for hydroxylation is 1. The molecule has 0 radical (unpaired) electrons. The van der Waals surface area contributed by atoms with Gasteiger partial charge >= 0.3 is 0 Å². The van der Waals surface area contributed by atoms with E-state index in [1.165, 1.54) is 30.4 Å². The second-order valence-corrected chi connectivity index (χ2v) is 8.36. The van der Waals surface area contributed by atoms with Crippen molar-refractivity contribution in [2.45, 2.75) is 38.6 Å². The van der Waals surface area contributed by atoms with Crippen LogP contribution in [0, 0.1) is 29.6 Å². The lowest BCUT2D eigenvalue weighted by atomic mass is 9.98. The van der Waals surface area contributed by atoms with Gasteiger partial charge in [-0.2, -0.15) is 0 Å². The van der Waals surface area contributed by atoms with Gasteiger partial charge in [-0.3, -0.25) is 4.79 Å². The van der Waals surface area contributed by atoms with E-state index in [0.717, 1.165) is 49.7 Å². The molecule has 1 aromatic rings. The summed E-state index contributed by atoms with van der Waals surface area (Å²) in [4.78, 5) is 15.5. The average molecular weight is 324 g/mol. The van der Waals surface area contributed by atoms with Crippen LogP contribution in [-0.2, 0) is 11.2 Å². The summed E-state index contributed by atoms with van der Waals surface area (Å²) < 4.78 is 0. The summed E-state index contributed by atoms with van der Waals surface area (Å²) in [6, 6.07) is 9.12. The molecule has 1 aliphatic heterocycles. The molecule has 3 heteroatoms. The Balaban J connectivity index is 1.36. The van der Waals surface area contributed by atoms with Crippen LogP contribution in [-0.4, -0.2) is 30.4 Å². The van der Waals surface area contributed by atoms with Crippen LogP contribution in [0.2, 0.25) is 0 Å². The van der Waals surface area contributed by atoms with Gasteiger partial charge in [0.05, 0.1) is 6.04 Å². The maximum absolute atomic E-state index is 13.3. The molecule has 128 valence electrons. The first-order chi connectivity index (χ1) is 11.8. The molecule has 24 heavy (non-hydrogen) atoms. The number of amides is 1. The second-order valence-electron chi connectivity index (χ2n) is 8.36. The molecule has 3 aliphatic carbocycles. The summed E-state index contributed by atoms with van der Waals surface area (Å²) in [5, 5.41) is 3.49. The number of nitrogens with zero attached hydrogens (tertiary/aromatic N) is 1. The number of carbonyl (C=O) groups excluding carboxylic acids is 1. The third kappa shape index (κ3) is 2.17. The van der Waals surface area contributed by atoms with Gasteiger partial charge in [-0.25, -0.2) is 0 Å². The molecule has 3 saturated carbocycles. The number of fused-ring (bicyclic) bond motifs is 5.